The van der Waals surface area contributed by atoms with Gasteiger partial charge in [-0.15, -0.1) is 0 Å². The summed E-state index contributed by atoms with van der Waals surface area (Å²) in [6.07, 6.45) is 18.1. The van der Waals surface area contributed by atoms with Crippen LogP contribution in [-0.2, 0) is 0 Å². The number of nitrogens with zero attached hydrogens (tertiary/aromatic N) is 1. The first-order valence-electron chi connectivity index (χ1n) is 13.4. The molecule has 0 spiro atoms. The SMILES string of the molecule is C[C@H](CCN1CCCC[C@H]1C)C1CC[C@H]2/C(=C/C=C3C[C@@H](O)C[C@H](O)C3)CCC[C@]12C. The van der Waals surface area contributed by atoms with Crippen molar-refractivity contribution in [3.63, 3.8) is 0 Å². The molecule has 0 radical (unpaired) electrons. The number of likely N-dealkylation sites (tertiary alicyclic amines) is 1. The first kappa shape index (κ1) is 23.5. The molecule has 3 aliphatic carbocycles. The number of fused-ring (bicyclic) bond motifs is 1. The van der Waals surface area contributed by atoms with Gasteiger partial charge in [0.15, 0.2) is 0 Å². The fourth-order valence-corrected chi connectivity index (χ4v) is 7.81. The smallest absolute Gasteiger partial charge is 0.0602 e. The van der Waals surface area contributed by atoms with Crippen molar-refractivity contribution in [3.05, 3.63) is 23.3 Å². The molecular formula is C28H47NO2. The predicted octanol–water partition coefficient (Wildman–Crippen LogP) is 5.86. The number of piperidine rings is 1. The molecule has 7 atom stereocenters. The van der Waals surface area contributed by atoms with Gasteiger partial charge in [0.1, 0.15) is 0 Å². The summed E-state index contributed by atoms with van der Waals surface area (Å²) in [5.74, 6) is 2.40. The van der Waals surface area contributed by atoms with Gasteiger partial charge in [0.25, 0.3) is 0 Å². The Kier molecular flexibility index (Phi) is 7.66. The van der Waals surface area contributed by atoms with Gasteiger partial charge in [-0.2, -0.15) is 0 Å². The number of rotatable bonds is 5. The first-order chi connectivity index (χ1) is 14.9. The van der Waals surface area contributed by atoms with E-state index in [4.69, 9.17) is 0 Å². The number of hydrogen-bond donors (Lipinski definition) is 2. The molecule has 31 heavy (non-hydrogen) atoms. The molecule has 1 saturated heterocycles. The quantitative estimate of drug-likeness (QED) is 0.575. The zero-order valence-corrected chi connectivity index (χ0v) is 20.4. The predicted molar refractivity (Wildman–Crippen MR) is 129 cm³/mol. The molecule has 0 aromatic heterocycles. The van der Waals surface area contributed by atoms with E-state index in [1.54, 1.807) is 5.57 Å². The van der Waals surface area contributed by atoms with Crippen LogP contribution < -0.4 is 0 Å². The summed E-state index contributed by atoms with van der Waals surface area (Å²) in [6, 6.07) is 0.780. The molecule has 0 amide bonds. The van der Waals surface area contributed by atoms with Crippen molar-refractivity contribution < 1.29 is 10.2 Å². The maximum absolute atomic E-state index is 10.0. The lowest BCUT2D eigenvalue weighted by molar-refractivity contribution is 0.0609. The van der Waals surface area contributed by atoms with E-state index in [0.29, 0.717) is 11.8 Å². The van der Waals surface area contributed by atoms with Gasteiger partial charge in [0.05, 0.1) is 12.2 Å². The lowest BCUT2D eigenvalue weighted by Gasteiger charge is -2.45. The number of hydrogen-bond acceptors (Lipinski definition) is 3. The second-order valence-corrected chi connectivity index (χ2v) is 11.8. The van der Waals surface area contributed by atoms with Gasteiger partial charge in [0.2, 0.25) is 0 Å². The molecule has 3 heteroatoms. The zero-order chi connectivity index (χ0) is 22.0. The molecule has 4 rings (SSSR count). The van der Waals surface area contributed by atoms with E-state index >= 15 is 0 Å². The summed E-state index contributed by atoms with van der Waals surface area (Å²) in [5.41, 5.74) is 3.33. The third kappa shape index (κ3) is 5.31. The molecule has 3 saturated carbocycles. The molecule has 0 bridgehead atoms. The van der Waals surface area contributed by atoms with E-state index in [9.17, 15) is 10.2 Å². The van der Waals surface area contributed by atoms with Crippen molar-refractivity contribution in [3.8, 4) is 0 Å². The van der Waals surface area contributed by atoms with Gasteiger partial charge in [-0.25, -0.2) is 0 Å². The second-order valence-electron chi connectivity index (χ2n) is 11.8. The molecule has 1 unspecified atom stereocenters. The highest BCUT2D eigenvalue weighted by atomic mass is 16.3. The van der Waals surface area contributed by atoms with Gasteiger partial charge in [0, 0.05) is 6.04 Å². The molecule has 2 N–H and O–H groups in total. The second kappa shape index (κ2) is 10.1. The summed E-state index contributed by atoms with van der Waals surface area (Å²) in [7, 11) is 0. The fourth-order valence-electron chi connectivity index (χ4n) is 7.81. The highest BCUT2D eigenvalue weighted by molar-refractivity contribution is 5.26. The highest BCUT2D eigenvalue weighted by Gasteiger charge is 2.50. The van der Waals surface area contributed by atoms with Crippen molar-refractivity contribution in [2.45, 2.75) is 116 Å². The largest absolute Gasteiger partial charge is 0.393 e. The van der Waals surface area contributed by atoms with Crippen molar-refractivity contribution in [1.82, 2.24) is 4.90 Å². The van der Waals surface area contributed by atoms with E-state index in [1.807, 2.05) is 0 Å². The van der Waals surface area contributed by atoms with Gasteiger partial charge < -0.3 is 15.1 Å². The standard InChI is InChI=1S/C28H47NO2/c1-20(13-16-29-15-5-4-7-21(29)2)26-11-12-27-23(8-6-14-28(26,27)3)10-9-22-17-24(30)19-25(31)18-22/h9-10,20-21,24-27,30-31H,4-8,11-19H2,1-3H3/b23-10+/t20-,21-,24-,25-,26?,27+,28-/m1/s1. The van der Waals surface area contributed by atoms with Crippen LogP contribution in [0.5, 0.6) is 0 Å². The lowest BCUT2D eigenvalue weighted by atomic mass is 9.61. The minimum Gasteiger partial charge on any atom is -0.393 e. The average Bonchev–Trinajstić information content (AvgIpc) is 3.08. The summed E-state index contributed by atoms with van der Waals surface area (Å²) in [6.45, 7) is 10.2. The van der Waals surface area contributed by atoms with Crippen molar-refractivity contribution in [2.24, 2.45) is 23.2 Å². The Morgan fingerprint density at radius 3 is 2.58 bits per heavy atom. The topological polar surface area (TPSA) is 43.7 Å². The van der Waals surface area contributed by atoms with E-state index in [-0.39, 0.29) is 12.2 Å². The highest BCUT2D eigenvalue weighted by Crippen LogP contribution is 2.59. The minimum absolute atomic E-state index is 0.371. The van der Waals surface area contributed by atoms with Crippen LogP contribution in [0.15, 0.2) is 23.3 Å². The Hall–Kier alpha value is -0.640. The van der Waals surface area contributed by atoms with Gasteiger partial charge >= 0.3 is 0 Å². The first-order valence-corrected chi connectivity index (χ1v) is 13.4. The third-order valence-electron chi connectivity index (χ3n) is 9.61. The molecule has 0 aromatic carbocycles. The van der Waals surface area contributed by atoms with Gasteiger partial charge in [-0.1, -0.05) is 43.6 Å². The average molecular weight is 430 g/mol. The zero-order valence-electron chi connectivity index (χ0n) is 20.4. The Balaban J connectivity index is 1.40. The van der Waals surface area contributed by atoms with Crippen LogP contribution in [0.2, 0.25) is 0 Å². The number of aliphatic hydroxyl groups is 2. The molecular weight excluding hydrogens is 382 g/mol. The van der Waals surface area contributed by atoms with Crippen LogP contribution in [0.1, 0.15) is 97.8 Å². The molecule has 4 aliphatic rings. The van der Waals surface area contributed by atoms with Crippen LogP contribution in [0.4, 0.5) is 0 Å². The van der Waals surface area contributed by atoms with Gasteiger partial charge in [-0.05, 0) is 114 Å². The van der Waals surface area contributed by atoms with Crippen LogP contribution >= 0.6 is 0 Å². The van der Waals surface area contributed by atoms with Gasteiger partial charge in [-0.3, -0.25) is 0 Å². The van der Waals surface area contributed by atoms with Crippen LogP contribution in [0.25, 0.3) is 0 Å². The number of allylic oxidation sites excluding steroid dienone is 3. The summed E-state index contributed by atoms with van der Waals surface area (Å²) >= 11 is 0. The van der Waals surface area contributed by atoms with E-state index in [0.717, 1.165) is 36.6 Å². The molecule has 3 nitrogen and oxygen atoms in total. The van der Waals surface area contributed by atoms with E-state index in [1.165, 1.54) is 76.5 Å². The van der Waals surface area contributed by atoms with Crippen LogP contribution in [-0.4, -0.2) is 46.5 Å². The monoisotopic (exact) mass is 429 g/mol. The Morgan fingerprint density at radius 1 is 1.06 bits per heavy atom. The third-order valence-corrected chi connectivity index (χ3v) is 9.61. The fraction of sp³-hybridized carbons (Fsp3) is 0.857. The van der Waals surface area contributed by atoms with Crippen LogP contribution in [0, 0.1) is 23.2 Å². The van der Waals surface area contributed by atoms with Crippen molar-refractivity contribution >= 4 is 0 Å². The molecule has 0 aromatic rings. The number of aliphatic hydroxyl groups excluding tert-OH is 2. The van der Waals surface area contributed by atoms with Crippen molar-refractivity contribution in [2.75, 3.05) is 13.1 Å². The molecule has 1 heterocycles. The maximum atomic E-state index is 10.0. The Labute approximate surface area is 191 Å². The molecule has 4 fully saturated rings. The lowest BCUT2D eigenvalue weighted by Crippen LogP contribution is -2.40. The van der Waals surface area contributed by atoms with Crippen molar-refractivity contribution in [1.29, 1.82) is 0 Å². The summed E-state index contributed by atoms with van der Waals surface area (Å²) in [4.78, 5) is 2.75. The van der Waals surface area contributed by atoms with E-state index < -0.39 is 0 Å². The summed E-state index contributed by atoms with van der Waals surface area (Å²) in [5, 5.41) is 20.0. The maximum Gasteiger partial charge on any atom is 0.0602 e. The molecule has 176 valence electrons. The normalized spacial score (nSPS) is 41.9. The minimum atomic E-state index is -0.371. The Bertz CT molecular complexity index is 658. The van der Waals surface area contributed by atoms with E-state index in [2.05, 4.69) is 37.8 Å². The Morgan fingerprint density at radius 2 is 1.84 bits per heavy atom. The summed E-state index contributed by atoms with van der Waals surface area (Å²) < 4.78 is 0. The molecule has 1 aliphatic heterocycles. The van der Waals surface area contributed by atoms with Crippen LogP contribution in [0.3, 0.4) is 0 Å².